The van der Waals surface area contributed by atoms with Crippen molar-refractivity contribution in [2.24, 2.45) is 0 Å². The summed E-state index contributed by atoms with van der Waals surface area (Å²) in [5.74, 6) is 0.786. The first-order valence-corrected chi connectivity index (χ1v) is 7.05. The molecule has 0 fully saturated rings. The van der Waals surface area contributed by atoms with Gasteiger partial charge in [0.25, 0.3) is 5.56 Å². The monoisotopic (exact) mass is 307 g/mol. The van der Waals surface area contributed by atoms with Crippen LogP contribution in [0, 0.1) is 0 Å². The highest BCUT2D eigenvalue weighted by Crippen LogP contribution is 2.19. The van der Waals surface area contributed by atoms with Crippen LogP contribution in [0.5, 0.6) is 5.75 Å². The lowest BCUT2D eigenvalue weighted by Crippen LogP contribution is -2.25. The first kappa shape index (κ1) is 15.4. The highest BCUT2D eigenvalue weighted by atomic mass is 35.5. The van der Waals surface area contributed by atoms with Gasteiger partial charge in [-0.15, -0.1) is 0 Å². The lowest BCUT2D eigenvalue weighted by molar-refractivity contribution is 0.414. The molecule has 0 unspecified atom stereocenters. The van der Waals surface area contributed by atoms with Crippen LogP contribution in [0.2, 0.25) is 5.02 Å². The maximum atomic E-state index is 12.1. The molecule has 6 heteroatoms. The van der Waals surface area contributed by atoms with Crippen LogP contribution in [-0.2, 0) is 6.54 Å². The molecule has 21 heavy (non-hydrogen) atoms. The van der Waals surface area contributed by atoms with Crippen molar-refractivity contribution in [3.63, 3.8) is 0 Å². The minimum absolute atomic E-state index is 0.0255. The molecule has 1 aromatic carbocycles. The molecule has 5 nitrogen and oxygen atoms in total. The van der Waals surface area contributed by atoms with Gasteiger partial charge < -0.3 is 10.1 Å². The van der Waals surface area contributed by atoms with Gasteiger partial charge in [0.2, 0.25) is 0 Å². The number of hydrogen-bond donors (Lipinski definition) is 1. The van der Waals surface area contributed by atoms with Crippen LogP contribution >= 0.6 is 11.6 Å². The molecule has 2 rings (SSSR count). The quantitative estimate of drug-likeness (QED) is 0.922. The minimum atomic E-state index is -0.290. The summed E-state index contributed by atoms with van der Waals surface area (Å²) < 4.78 is 6.53. The van der Waals surface area contributed by atoms with E-state index in [1.54, 1.807) is 13.3 Å². The molecule has 2 aromatic rings. The molecule has 0 saturated carbocycles. The molecule has 0 radical (unpaired) electrons. The fourth-order valence-corrected chi connectivity index (χ4v) is 2.12. The second-order valence-corrected chi connectivity index (χ2v) is 5.30. The molecule has 112 valence electrons. The highest BCUT2D eigenvalue weighted by Gasteiger charge is 2.11. The SMILES string of the molecule is COc1cccc(CNc2cnn(C(C)C)c(=O)c2Cl)c1. The van der Waals surface area contributed by atoms with Gasteiger partial charge in [0, 0.05) is 6.54 Å². The van der Waals surface area contributed by atoms with E-state index in [0.29, 0.717) is 12.2 Å². The molecule has 1 aromatic heterocycles. The zero-order valence-corrected chi connectivity index (χ0v) is 13.0. The van der Waals surface area contributed by atoms with E-state index in [1.165, 1.54) is 4.68 Å². The van der Waals surface area contributed by atoms with Gasteiger partial charge in [-0.05, 0) is 31.5 Å². The van der Waals surface area contributed by atoms with E-state index >= 15 is 0 Å². The third-order valence-corrected chi connectivity index (χ3v) is 3.42. The summed E-state index contributed by atoms with van der Waals surface area (Å²) in [6, 6.07) is 7.65. The molecular weight excluding hydrogens is 290 g/mol. The van der Waals surface area contributed by atoms with Gasteiger partial charge in [-0.2, -0.15) is 5.10 Å². The van der Waals surface area contributed by atoms with E-state index in [4.69, 9.17) is 16.3 Å². The zero-order valence-electron chi connectivity index (χ0n) is 12.3. The number of anilines is 1. The lowest BCUT2D eigenvalue weighted by Gasteiger charge is -2.12. The first-order chi connectivity index (χ1) is 10.0. The largest absolute Gasteiger partial charge is 0.497 e. The summed E-state index contributed by atoms with van der Waals surface area (Å²) in [6.07, 6.45) is 1.57. The van der Waals surface area contributed by atoms with E-state index in [9.17, 15) is 4.79 Å². The summed E-state index contributed by atoms with van der Waals surface area (Å²) in [4.78, 5) is 12.1. The molecule has 0 spiro atoms. The second kappa shape index (κ2) is 6.63. The molecule has 0 bridgehead atoms. The van der Waals surface area contributed by atoms with Crippen molar-refractivity contribution in [3.05, 3.63) is 51.4 Å². The average molecular weight is 308 g/mol. The molecule has 0 saturated heterocycles. The van der Waals surface area contributed by atoms with Crippen LogP contribution in [0.25, 0.3) is 0 Å². The minimum Gasteiger partial charge on any atom is -0.497 e. The van der Waals surface area contributed by atoms with E-state index < -0.39 is 0 Å². The van der Waals surface area contributed by atoms with Gasteiger partial charge in [0.1, 0.15) is 10.8 Å². The first-order valence-electron chi connectivity index (χ1n) is 6.67. The van der Waals surface area contributed by atoms with Crippen LogP contribution in [0.4, 0.5) is 5.69 Å². The third kappa shape index (κ3) is 3.55. The summed E-state index contributed by atoms with van der Waals surface area (Å²) in [7, 11) is 1.62. The van der Waals surface area contributed by atoms with E-state index in [2.05, 4.69) is 10.4 Å². The standard InChI is InChI=1S/C15H18ClN3O2/c1-10(2)19-15(20)14(16)13(9-18-19)17-8-11-5-4-6-12(7-11)21-3/h4-7,9-10,17H,8H2,1-3H3. The molecule has 0 aliphatic heterocycles. The van der Waals surface area contributed by atoms with Gasteiger partial charge in [-0.25, -0.2) is 4.68 Å². The molecule has 1 N–H and O–H groups in total. The Bertz CT molecular complexity index is 683. The van der Waals surface area contributed by atoms with Crippen molar-refractivity contribution < 1.29 is 4.74 Å². The fourth-order valence-electron chi connectivity index (χ4n) is 1.92. The average Bonchev–Trinajstić information content (AvgIpc) is 2.48. The highest BCUT2D eigenvalue weighted by molar-refractivity contribution is 6.32. The van der Waals surface area contributed by atoms with Gasteiger partial charge in [0.05, 0.1) is 25.0 Å². The number of rotatable bonds is 5. The summed E-state index contributed by atoms with van der Waals surface area (Å²) in [5.41, 5.74) is 1.27. The predicted octanol–water partition coefficient (Wildman–Crippen LogP) is 3.10. The predicted molar refractivity (Wildman–Crippen MR) is 84.2 cm³/mol. The number of nitrogens with zero attached hydrogens (tertiary/aromatic N) is 2. The van der Waals surface area contributed by atoms with Crippen molar-refractivity contribution in [1.29, 1.82) is 0 Å². The zero-order chi connectivity index (χ0) is 15.4. The van der Waals surface area contributed by atoms with Crippen LogP contribution in [0.1, 0.15) is 25.5 Å². The smallest absolute Gasteiger partial charge is 0.287 e. The number of benzene rings is 1. The number of hydrogen-bond acceptors (Lipinski definition) is 4. The van der Waals surface area contributed by atoms with Crippen molar-refractivity contribution in [1.82, 2.24) is 9.78 Å². The Morgan fingerprint density at radius 3 is 2.86 bits per heavy atom. The van der Waals surface area contributed by atoms with Crippen molar-refractivity contribution in [2.75, 3.05) is 12.4 Å². The second-order valence-electron chi connectivity index (χ2n) is 4.92. The lowest BCUT2D eigenvalue weighted by atomic mass is 10.2. The Morgan fingerprint density at radius 2 is 2.19 bits per heavy atom. The van der Waals surface area contributed by atoms with Gasteiger partial charge in [-0.1, -0.05) is 23.7 Å². The maximum absolute atomic E-state index is 12.1. The Labute approximate surface area is 128 Å². The topological polar surface area (TPSA) is 56.1 Å². The fraction of sp³-hybridized carbons (Fsp3) is 0.333. The Morgan fingerprint density at radius 1 is 1.43 bits per heavy atom. The summed E-state index contributed by atoms with van der Waals surface area (Å²) in [6.45, 7) is 4.30. The Hall–Kier alpha value is -2.01. The summed E-state index contributed by atoms with van der Waals surface area (Å²) >= 11 is 6.11. The number of halogens is 1. The van der Waals surface area contributed by atoms with Crippen molar-refractivity contribution in [3.8, 4) is 5.75 Å². The number of methoxy groups -OCH3 is 1. The van der Waals surface area contributed by atoms with Crippen LogP contribution in [0.15, 0.2) is 35.3 Å². The normalized spacial score (nSPS) is 10.7. The maximum Gasteiger partial charge on any atom is 0.287 e. The molecular formula is C15H18ClN3O2. The molecule has 0 atom stereocenters. The van der Waals surface area contributed by atoms with Gasteiger partial charge in [0.15, 0.2) is 0 Å². The number of aromatic nitrogens is 2. The summed E-state index contributed by atoms with van der Waals surface area (Å²) in [5, 5.41) is 7.40. The van der Waals surface area contributed by atoms with E-state index in [-0.39, 0.29) is 16.6 Å². The van der Waals surface area contributed by atoms with Gasteiger partial charge in [-0.3, -0.25) is 4.79 Å². The molecule has 0 amide bonds. The molecule has 0 aliphatic carbocycles. The van der Waals surface area contributed by atoms with Crippen LogP contribution in [-0.4, -0.2) is 16.9 Å². The molecule has 0 aliphatic rings. The number of nitrogens with one attached hydrogen (secondary N) is 1. The Balaban J connectivity index is 2.17. The van der Waals surface area contributed by atoms with Gasteiger partial charge >= 0.3 is 0 Å². The third-order valence-electron chi connectivity index (χ3n) is 3.05. The Kier molecular flexibility index (Phi) is 4.85. The number of ether oxygens (including phenoxy) is 1. The van der Waals surface area contributed by atoms with E-state index in [0.717, 1.165) is 11.3 Å². The van der Waals surface area contributed by atoms with Crippen LogP contribution in [0.3, 0.4) is 0 Å². The van der Waals surface area contributed by atoms with Crippen molar-refractivity contribution in [2.45, 2.75) is 26.4 Å². The van der Waals surface area contributed by atoms with Crippen molar-refractivity contribution >= 4 is 17.3 Å². The van der Waals surface area contributed by atoms with Crippen LogP contribution < -0.4 is 15.6 Å². The molecule has 1 heterocycles. The van der Waals surface area contributed by atoms with E-state index in [1.807, 2.05) is 38.1 Å².